The van der Waals surface area contributed by atoms with Gasteiger partial charge in [-0.3, -0.25) is 0 Å². The lowest BCUT2D eigenvalue weighted by atomic mass is 10.1. The fourth-order valence-electron chi connectivity index (χ4n) is 2.89. The van der Waals surface area contributed by atoms with Crippen LogP contribution < -0.4 is 11.1 Å². The fourth-order valence-corrected chi connectivity index (χ4v) is 3.49. The van der Waals surface area contributed by atoms with Crippen molar-refractivity contribution >= 4 is 22.1 Å². The smallest absolute Gasteiger partial charge is 0.180 e. The van der Waals surface area contributed by atoms with Crippen LogP contribution in [0.1, 0.15) is 17.7 Å². The Hall–Kier alpha value is -2.77. The van der Waals surface area contributed by atoms with Crippen molar-refractivity contribution in [3.8, 4) is 11.1 Å². The van der Waals surface area contributed by atoms with Crippen molar-refractivity contribution in [1.82, 2.24) is 24.9 Å². The molecule has 3 aromatic heterocycles. The molecule has 0 bridgehead atoms. The Morgan fingerprint density at radius 1 is 1.15 bits per heavy atom. The van der Waals surface area contributed by atoms with Crippen molar-refractivity contribution in [3.63, 3.8) is 0 Å². The van der Waals surface area contributed by atoms with E-state index in [0.29, 0.717) is 5.13 Å². The van der Waals surface area contributed by atoms with Crippen molar-refractivity contribution in [2.45, 2.75) is 19.4 Å². The SMILES string of the molecule is Nc1nc(CCCNCc2cnc3c(-c4ccccc4)cnn3c2)cs1. The summed E-state index contributed by atoms with van der Waals surface area (Å²) in [5.74, 6) is 0. The van der Waals surface area contributed by atoms with Gasteiger partial charge in [0, 0.05) is 35.4 Å². The Morgan fingerprint density at radius 2 is 2.04 bits per heavy atom. The van der Waals surface area contributed by atoms with Gasteiger partial charge < -0.3 is 11.1 Å². The zero-order chi connectivity index (χ0) is 17.8. The number of anilines is 1. The van der Waals surface area contributed by atoms with E-state index in [1.54, 1.807) is 0 Å². The average molecular weight is 364 g/mol. The van der Waals surface area contributed by atoms with E-state index >= 15 is 0 Å². The number of hydrogen-bond donors (Lipinski definition) is 2. The van der Waals surface area contributed by atoms with E-state index in [-0.39, 0.29) is 0 Å². The van der Waals surface area contributed by atoms with E-state index in [9.17, 15) is 0 Å². The second-order valence-electron chi connectivity index (χ2n) is 6.11. The molecule has 0 saturated carbocycles. The largest absolute Gasteiger partial charge is 0.375 e. The monoisotopic (exact) mass is 364 g/mol. The Labute approximate surface area is 155 Å². The highest BCUT2D eigenvalue weighted by Crippen LogP contribution is 2.22. The number of nitrogens with zero attached hydrogens (tertiary/aromatic N) is 4. The number of aryl methyl sites for hydroxylation is 1. The van der Waals surface area contributed by atoms with Crippen LogP contribution in [0.4, 0.5) is 5.13 Å². The van der Waals surface area contributed by atoms with E-state index in [4.69, 9.17) is 5.73 Å². The third kappa shape index (κ3) is 3.74. The van der Waals surface area contributed by atoms with Crippen LogP contribution in [0, 0.1) is 0 Å². The minimum Gasteiger partial charge on any atom is -0.375 e. The number of aromatic nitrogens is 4. The lowest BCUT2D eigenvalue weighted by molar-refractivity contribution is 0.642. The minimum atomic E-state index is 0.640. The molecule has 0 saturated heterocycles. The summed E-state index contributed by atoms with van der Waals surface area (Å²) in [6, 6.07) is 10.2. The normalized spacial score (nSPS) is 11.2. The predicted octanol–water partition coefficient (Wildman–Crippen LogP) is 3.16. The van der Waals surface area contributed by atoms with Gasteiger partial charge in [0.05, 0.1) is 11.9 Å². The third-order valence-corrected chi connectivity index (χ3v) is 4.90. The van der Waals surface area contributed by atoms with Gasteiger partial charge in [0.25, 0.3) is 0 Å². The first-order chi connectivity index (χ1) is 12.8. The number of benzene rings is 1. The molecule has 0 aliphatic heterocycles. The maximum absolute atomic E-state index is 5.65. The summed E-state index contributed by atoms with van der Waals surface area (Å²) in [6.45, 7) is 1.69. The number of hydrogen-bond acceptors (Lipinski definition) is 6. The highest BCUT2D eigenvalue weighted by molar-refractivity contribution is 7.13. The number of nitrogens with one attached hydrogen (secondary N) is 1. The predicted molar refractivity (Wildman–Crippen MR) is 105 cm³/mol. The second-order valence-corrected chi connectivity index (χ2v) is 7.00. The van der Waals surface area contributed by atoms with Gasteiger partial charge in [-0.05, 0) is 24.9 Å². The van der Waals surface area contributed by atoms with E-state index in [0.717, 1.165) is 54.0 Å². The molecule has 7 heteroatoms. The van der Waals surface area contributed by atoms with Crippen LogP contribution in [0.2, 0.25) is 0 Å². The Balaban J connectivity index is 1.34. The van der Waals surface area contributed by atoms with Crippen LogP contribution in [-0.4, -0.2) is 26.1 Å². The van der Waals surface area contributed by atoms with E-state index in [2.05, 4.69) is 32.5 Å². The molecule has 0 spiro atoms. The van der Waals surface area contributed by atoms with Crippen molar-refractivity contribution < 1.29 is 0 Å². The molecule has 0 aliphatic carbocycles. The minimum absolute atomic E-state index is 0.640. The Kier molecular flexibility index (Phi) is 4.90. The molecular formula is C19H20N6S. The topological polar surface area (TPSA) is 81.1 Å². The number of thiazole rings is 1. The maximum Gasteiger partial charge on any atom is 0.180 e. The molecule has 132 valence electrons. The first-order valence-corrected chi connectivity index (χ1v) is 9.46. The van der Waals surface area contributed by atoms with E-state index < -0.39 is 0 Å². The van der Waals surface area contributed by atoms with Gasteiger partial charge in [0.2, 0.25) is 0 Å². The third-order valence-electron chi connectivity index (χ3n) is 4.18. The van der Waals surface area contributed by atoms with Gasteiger partial charge in [0.15, 0.2) is 10.8 Å². The standard InChI is InChI=1S/C19H20N6S/c20-19-24-16(13-26-19)7-4-8-21-9-14-10-22-18-17(11-23-25(18)12-14)15-5-2-1-3-6-15/h1-3,5-6,10-13,21H,4,7-9H2,(H2,20,24). The number of fused-ring (bicyclic) bond motifs is 1. The molecule has 4 aromatic rings. The van der Waals surface area contributed by atoms with Gasteiger partial charge in [-0.15, -0.1) is 11.3 Å². The summed E-state index contributed by atoms with van der Waals surface area (Å²) in [5, 5.41) is 10.6. The van der Waals surface area contributed by atoms with E-state index in [1.807, 2.05) is 46.7 Å². The molecule has 0 aliphatic rings. The fraction of sp³-hybridized carbons (Fsp3) is 0.211. The molecule has 0 atom stereocenters. The van der Waals surface area contributed by atoms with Crippen LogP contribution in [-0.2, 0) is 13.0 Å². The highest BCUT2D eigenvalue weighted by atomic mass is 32.1. The van der Waals surface area contributed by atoms with Crippen LogP contribution in [0.5, 0.6) is 0 Å². The van der Waals surface area contributed by atoms with Crippen LogP contribution in [0.25, 0.3) is 16.8 Å². The van der Waals surface area contributed by atoms with Gasteiger partial charge in [0.1, 0.15) is 0 Å². The van der Waals surface area contributed by atoms with Gasteiger partial charge in [-0.1, -0.05) is 30.3 Å². The molecule has 4 rings (SSSR count). The number of rotatable bonds is 7. The number of nitrogen functional groups attached to an aromatic ring is 1. The summed E-state index contributed by atoms with van der Waals surface area (Å²) in [7, 11) is 0. The molecule has 0 fully saturated rings. The Bertz CT molecular complexity index is 992. The first-order valence-electron chi connectivity index (χ1n) is 8.58. The van der Waals surface area contributed by atoms with Gasteiger partial charge in [-0.25, -0.2) is 14.5 Å². The zero-order valence-corrected chi connectivity index (χ0v) is 15.1. The van der Waals surface area contributed by atoms with Crippen molar-refractivity contribution in [2.75, 3.05) is 12.3 Å². The molecule has 0 unspecified atom stereocenters. The molecular weight excluding hydrogens is 344 g/mol. The Morgan fingerprint density at radius 3 is 2.85 bits per heavy atom. The van der Waals surface area contributed by atoms with Crippen LogP contribution in [0.3, 0.4) is 0 Å². The summed E-state index contributed by atoms with van der Waals surface area (Å²) >= 11 is 1.49. The second kappa shape index (κ2) is 7.63. The molecule has 3 N–H and O–H groups in total. The van der Waals surface area contributed by atoms with E-state index in [1.165, 1.54) is 11.3 Å². The van der Waals surface area contributed by atoms with Crippen molar-refractivity contribution in [1.29, 1.82) is 0 Å². The molecule has 26 heavy (non-hydrogen) atoms. The summed E-state index contributed by atoms with van der Waals surface area (Å²) in [5.41, 5.74) is 10.9. The zero-order valence-electron chi connectivity index (χ0n) is 14.3. The first kappa shape index (κ1) is 16.7. The lowest BCUT2D eigenvalue weighted by Crippen LogP contribution is -2.16. The van der Waals surface area contributed by atoms with Crippen molar-refractivity contribution in [3.05, 3.63) is 65.6 Å². The highest BCUT2D eigenvalue weighted by Gasteiger charge is 2.08. The summed E-state index contributed by atoms with van der Waals surface area (Å²) < 4.78 is 1.84. The summed E-state index contributed by atoms with van der Waals surface area (Å²) in [4.78, 5) is 8.88. The molecule has 3 heterocycles. The molecule has 1 aromatic carbocycles. The maximum atomic E-state index is 5.65. The number of nitrogens with two attached hydrogens (primary N) is 1. The average Bonchev–Trinajstić information content (AvgIpc) is 3.28. The van der Waals surface area contributed by atoms with Gasteiger partial charge in [-0.2, -0.15) is 5.10 Å². The molecule has 6 nitrogen and oxygen atoms in total. The van der Waals surface area contributed by atoms with Crippen LogP contribution >= 0.6 is 11.3 Å². The quantitative estimate of drug-likeness (QED) is 0.492. The lowest BCUT2D eigenvalue weighted by Gasteiger charge is -2.05. The molecule has 0 amide bonds. The summed E-state index contributed by atoms with van der Waals surface area (Å²) in [6.07, 6.45) is 7.78. The molecule has 0 radical (unpaired) electrons. The van der Waals surface area contributed by atoms with Crippen LogP contribution in [0.15, 0.2) is 54.3 Å². The van der Waals surface area contributed by atoms with Gasteiger partial charge >= 0.3 is 0 Å². The van der Waals surface area contributed by atoms with Crippen molar-refractivity contribution in [2.24, 2.45) is 0 Å².